The molecule has 0 radical (unpaired) electrons. The average Bonchev–Trinajstić information content (AvgIpc) is 2.43. The van der Waals surface area contributed by atoms with Gasteiger partial charge in [0.05, 0.1) is 19.3 Å². The molecule has 3 unspecified atom stereocenters. The van der Waals surface area contributed by atoms with Crippen LogP contribution in [0.5, 0.6) is 0 Å². The molecule has 0 aliphatic carbocycles. The molecule has 3 atom stereocenters. The molecule has 0 bridgehead atoms. The van der Waals surface area contributed by atoms with Crippen molar-refractivity contribution in [2.24, 2.45) is 5.92 Å². The number of benzene rings is 1. The first-order valence-corrected chi connectivity index (χ1v) is 7.69. The molecule has 2 rings (SSSR count). The van der Waals surface area contributed by atoms with Crippen molar-refractivity contribution in [1.29, 1.82) is 0 Å². The fourth-order valence-corrected chi connectivity index (χ4v) is 2.94. The lowest BCUT2D eigenvalue weighted by Crippen LogP contribution is -2.45. The van der Waals surface area contributed by atoms with Crippen LogP contribution in [0.2, 0.25) is 0 Å². The van der Waals surface area contributed by atoms with E-state index in [1.807, 2.05) is 30.3 Å². The summed E-state index contributed by atoms with van der Waals surface area (Å²) in [5.41, 5.74) is 1.15. The number of hydrogen-bond acceptors (Lipinski definition) is 3. The van der Waals surface area contributed by atoms with E-state index in [4.69, 9.17) is 4.74 Å². The van der Waals surface area contributed by atoms with Crippen molar-refractivity contribution in [3.8, 4) is 0 Å². The highest BCUT2D eigenvalue weighted by molar-refractivity contribution is 5.13. The summed E-state index contributed by atoms with van der Waals surface area (Å²) in [6.07, 6.45) is 2.08. The summed E-state index contributed by atoms with van der Waals surface area (Å²) in [6.45, 7) is 7.37. The number of β-amino-alcohol motifs (C(OH)–C–C–N with tert-alkyl or cyclic N) is 1. The number of rotatable bonds is 6. The molecule has 1 aliphatic heterocycles. The summed E-state index contributed by atoms with van der Waals surface area (Å²) in [5.74, 6) is 0.813. The van der Waals surface area contributed by atoms with Crippen LogP contribution in [-0.2, 0) is 11.3 Å². The minimum Gasteiger partial charge on any atom is -0.389 e. The van der Waals surface area contributed by atoms with Gasteiger partial charge in [-0.2, -0.15) is 0 Å². The topological polar surface area (TPSA) is 32.7 Å². The van der Waals surface area contributed by atoms with Crippen molar-refractivity contribution in [1.82, 2.24) is 4.90 Å². The van der Waals surface area contributed by atoms with E-state index < -0.39 is 6.10 Å². The Morgan fingerprint density at radius 2 is 2.05 bits per heavy atom. The third-order valence-electron chi connectivity index (χ3n) is 4.14. The first-order valence-electron chi connectivity index (χ1n) is 7.69. The first-order chi connectivity index (χ1) is 9.65. The van der Waals surface area contributed by atoms with Crippen LogP contribution in [0.4, 0.5) is 0 Å². The van der Waals surface area contributed by atoms with Crippen molar-refractivity contribution in [2.45, 2.75) is 45.4 Å². The molecule has 1 aromatic carbocycles. The van der Waals surface area contributed by atoms with Crippen LogP contribution in [0, 0.1) is 5.92 Å². The maximum absolute atomic E-state index is 10.1. The Bertz CT molecular complexity index is 382. The molecule has 20 heavy (non-hydrogen) atoms. The summed E-state index contributed by atoms with van der Waals surface area (Å²) in [6, 6.07) is 10.7. The molecule has 3 heteroatoms. The van der Waals surface area contributed by atoms with Crippen LogP contribution in [0.25, 0.3) is 0 Å². The van der Waals surface area contributed by atoms with Crippen molar-refractivity contribution < 1.29 is 9.84 Å². The minimum atomic E-state index is -0.394. The quantitative estimate of drug-likeness (QED) is 0.868. The van der Waals surface area contributed by atoms with Gasteiger partial charge in [0.15, 0.2) is 0 Å². The zero-order valence-electron chi connectivity index (χ0n) is 12.7. The van der Waals surface area contributed by atoms with Crippen LogP contribution in [0.1, 0.15) is 32.3 Å². The van der Waals surface area contributed by atoms with Crippen LogP contribution in [0.3, 0.4) is 0 Å². The molecule has 1 aromatic rings. The Morgan fingerprint density at radius 1 is 1.30 bits per heavy atom. The second-order valence-corrected chi connectivity index (χ2v) is 6.13. The van der Waals surface area contributed by atoms with Gasteiger partial charge >= 0.3 is 0 Å². The smallest absolute Gasteiger partial charge is 0.0900 e. The van der Waals surface area contributed by atoms with E-state index in [0.717, 1.165) is 24.6 Å². The summed E-state index contributed by atoms with van der Waals surface area (Å²) in [4.78, 5) is 2.39. The standard InChI is InChI=1S/C17H27NO2/c1-14-8-9-18(15(2)10-14)11-17(19)13-20-12-16-6-4-3-5-7-16/h3-7,14-15,17,19H,8-13H2,1-2H3. The lowest BCUT2D eigenvalue weighted by Gasteiger charge is -2.37. The molecule has 1 N–H and O–H groups in total. The van der Waals surface area contributed by atoms with E-state index in [1.165, 1.54) is 12.8 Å². The molecule has 1 aliphatic rings. The number of piperidine rings is 1. The van der Waals surface area contributed by atoms with Crippen LogP contribution in [0.15, 0.2) is 30.3 Å². The number of aliphatic hydroxyl groups excluding tert-OH is 1. The lowest BCUT2D eigenvalue weighted by atomic mass is 9.93. The molecule has 1 heterocycles. The van der Waals surface area contributed by atoms with Gasteiger partial charge in [-0.1, -0.05) is 37.3 Å². The SMILES string of the molecule is CC1CCN(CC(O)COCc2ccccc2)C(C)C1. The summed E-state index contributed by atoms with van der Waals surface area (Å²) < 4.78 is 5.60. The fourth-order valence-electron chi connectivity index (χ4n) is 2.94. The number of nitrogens with zero attached hydrogens (tertiary/aromatic N) is 1. The second kappa shape index (κ2) is 7.77. The summed E-state index contributed by atoms with van der Waals surface area (Å²) in [7, 11) is 0. The van der Waals surface area contributed by atoms with Gasteiger partial charge < -0.3 is 9.84 Å². The Hall–Kier alpha value is -0.900. The Morgan fingerprint density at radius 3 is 2.75 bits per heavy atom. The van der Waals surface area contributed by atoms with E-state index in [1.54, 1.807) is 0 Å². The van der Waals surface area contributed by atoms with Crippen molar-refractivity contribution in [3.63, 3.8) is 0 Å². The third kappa shape index (κ3) is 4.89. The largest absolute Gasteiger partial charge is 0.389 e. The fraction of sp³-hybridized carbons (Fsp3) is 0.647. The van der Waals surface area contributed by atoms with Gasteiger partial charge in [-0.15, -0.1) is 0 Å². The maximum atomic E-state index is 10.1. The highest BCUT2D eigenvalue weighted by atomic mass is 16.5. The normalized spacial score (nSPS) is 25.6. The molecular formula is C17H27NO2. The van der Waals surface area contributed by atoms with Crippen LogP contribution >= 0.6 is 0 Å². The van der Waals surface area contributed by atoms with Gasteiger partial charge in [-0.25, -0.2) is 0 Å². The van der Waals surface area contributed by atoms with Gasteiger partial charge in [-0.05, 0) is 37.8 Å². The predicted octanol–water partition coefficient (Wildman–Crippen LogP) is 2.68. The highest BCUT2D eigenvalue weighted by Gasteiger charge is 2.24. The molecule has 112 valence electrons. The number of hydrogen-bond donors (Lipinski definition) is 1. The predicted molar refractivity (Wildman–Crippen MR) is 81.5 cm³/mol. The first kappa shape index (κ1) is 15.5. The molecule has 0 amide bonds. The molecule has 1 fully saturated rings. The van der Waals surface area contributed by atoms with Crippen LogP contribution < -0.4 is 0 Å². The molecule has 1 saturated heterocycles. The maximum Gasteiger partial charge on any atom is 0.0900 e. The molecule has 0 spiro atoms. The van der Waals surface area contributed by atoms with E-state index >= 15 is 0 Å². The highest BCUT2D eigenvalue weighted by Crippen LogP contribution is 2.22. The van der Waals surface area contributed by atoms with Crippen molar-refractivity contribution in [2.75, 3.05) is 19.7 Å². The molecular weight excluding hydrogens is 250 g/mol. The van der Waals surface area contributed by atoms with Gasteiger partial charge in [0.2, 0.25) is 0 Å². The Kier molecular flexibility index (Phi) is 6.02. The zero-order valence-corrected chi connectivity index (χ0v) is 12.7. The Balaban J connectivity index is 1.66. The van der Waals surface area contributed by atoms with Crippen molar-refractivity contribution >= 4 is 0 Å². The van der Waals surface area contributed by atoms with Gasteiger partial charge in [0, 0.05) is 12.6 Å². The van der Waals surface area contributed by atoms with E-state index in [-0.39, 0.29) is 0 Å². The third-order valence-corrected chi connectivity index (χ3v) is 4.14. The van der Waals surface area contributed by atoms with E-state index in [2.05, 4.69) is 18.7 Å². The average molecular weight is 277 g/mol. The number of aliphatic hydroxyl groups is 1. The Labute approximate surface area is 122 Å². The van der Waals surface area contributed by atoms with E-state index in [0.29, 0.717) is 19.3 Å². The minimum absolute atomic E-state index is 0.394. The second-order valence-electron chi connectivity index (χ2n) is 6.13. The monoisotopic (exact) mass is 277 g/mol. The lowest BCUT2D eigenvalue weighted by molar-refractivity contribution is -0.00512. The number of likely N-dealkylation sites (tertiary alicyclic amines) is 1. The molecule has 0 saturated carbocycles. The molecule has 0 aromatic heterocycles. The van der Waals surface area contributed by atoms with Gasteiger partial charge in [-0.3, -0.25) is 4.90 Å². The number of ether oxygens (including phenoxy) is 1. The van der Waals surface area contributed by atoms with E-state index in [9.17, 15) is 5.11 Å². The van der Waals surface area contributed by atoms with Gasteiger partial charge in [0.1, 0.15) is 0 Å². The zero-order chi connectivity index (χ0) is 14.4. The molecule has 3 nitrogen and oxygen atoms in total. The van der Waals surface area contributed by atoms with Gasteiger partial charge in [0.25, 0.3) is 0 Å². The summed E-state index contributed by atoms with van der Waals surface area (Å²) >= 11 is 0. The summed E-state index contributed by atoms with van der Waals surface area (Å²) in [5, 5.41) is 10.1. The van der Waals surface area contributed by atoms with Crippen molar-refractivity contribution in [3.05, 3.63) is 35.9 Å². The van der Waals surface area contributed by atoms with Crippen LogP contribution in [-0.4, -0.2) is 41.8 Å².